The number of rotatable bonds is 2. The number of amides is 1. The molecule has 0 spiro atoms. The minimum Gasteiger partial charge on any atom is -0.390 e. The Morgan fingerprint density at radius 2 is 2.07 bits per heavy atom. The fourth-order valence-electron chi connectivity index (χ4n) is 6.51. The number of hydrogen-bond donors (Lipinski definition) is 1. The van der Waals surface area contributed by atoms with Gasteiger partial charge >= 0.3 is 0 Å². The lowest BCUT2D eigenvalue weighted by atomic mass is 9.63. The maximum Gasteiger partial charge on any atom is 0.232 e. The molecular formula is C22H28ClN3O2. The van der Waals surface area contributed by atoms with Crippen LogP contribution in [0.5, 0.6) is 0 Å². The van der Waals surface area contributed by atoms with Gasteiger partial charge in [-0.05, 0) is 63.0 Å². The number of carbonyl (C=O) groups excluding carboxylic acids is 1. The van der Waals surface area contributed by atoms with Gasteiger partial charge in [0.25, 0.3) is 0 Å². The van der Waals surface area contributed by atoms with Crippen molar-refractivity contribution in [2.24, 2.45) is 12.5 Å². The number of aliphatic hydroxyl groups is 1. The van der Waals surface area contributed by atoms with E-state index in [2.05, 4.69) is 16.9 Å². The number of carbonyl (C=O) groups is 1. The average molecular weight is 402 g/mol. The summed E-state index contributed by atoms with van der Waals surface area (Å²) in [5.74, 6) is -0.230. The quantitative estimate of drug-likeness (QED) is 0.826. The van der Waals surface area contributed by atoms with Crippen molar-refractivity contribution in [3.8, 4) is 0 Å². The number of hydrogen-bond acceptors (Lipinski definition) is 3. The van der Waals surface area contributed by atoms with E-state index in [4.69, 9.17) is 11.6 Å². The van der Waals surface area contributed by atoms with Gasteiger partial charge < -0.3 is 10.0 Å². The van der Waals surface area contributed by atoms with E-state index in [0.717, 1.165) is 48.7 Å². The molecule has 6 rings (SSSR count). The minimum atomic E-state index is -0.605. The van der Waals surface area contributed by atoms with Gasteiger partial charge in [-0.2, -0.15) is 5.10 Å². The molecule has 2 saturated carbocycles. The SMILES string of the molecule is CC(C(=O)N1C2CCC3(O)CC1CC(C)(C2)C3)c1nn(C)c2cccc(Cl)c12. The summed E-state index contributed by atoms with van der Waals surface area (Å²) in [5, 5.41) is 17.3. The van der Waals surface area contributed by atoms with E-state index in [1.54, 1.807) is 0 Å². The third-order valence-corrected chi connectivity index (χ3v) is 7.76. The van der Waals surface area contributed by atoms with Crippen molar-refractivity contribution >= 4 is 28.4 Å². The Bertz CT molecular complexity index is 966. The van der Waals surface area contributed by atoms with Gasteiger partial charge in [-0.1, -0.05) is 24.6 Å². The van der Waals surface area contributed by atoms with Crippen LogP contribution in [-0.2, 0) is 11.8 Å². The molecule has 2 aliphatic heterocycles. The smallest absolute Gasteiger partial charge is 0.232 e. The van der Waals surface area contributed by atoms with E-state index in [9.17, 15) is 9.90 Å². The molecule has 2 saturated heterocycles. The summed E-state index contributed by atoms with van der Waals surface area (Å²) >= 11 is 6.48. The lowest BCUT2D eigenvalue weighted by Gasteiger charge is -2.54. The van der Waals surface area contributed by atoms with Crippen molar-refractivity contribution in [3.63, 3.8) is 0 Å². The van der Waals surface area contributed by atoms with Crippen molar-refractivity contribution in [3.05, 3.63) is 28.9 Å². The van der Waals surface area contributed by atoms with Gasteiger partial charge in [0.1, 0.15) is 0 Å². The van der Waals surface area contributed by atoms with Crippen LogP contribution >= 0.6 is 11.6 Å². The fourth-order valence-corrected chi connectivity index (χ4v) is 6.77. The Labute approximate surface area is 170 Å². The van der Waals surface area contributed by atoms with Crippen LogP contribution in [0.3, 0.4) is 0 Å². The third-order valence-electron chi connectivity index (χ3n) is 7.45. The Balaban J connectivity index is 1.52. The Kier molecular flexibility index (Phi) is 3.92. The number of benzene rings is 1. The summed E-state index contributed by atoms with van der Waals surface area (Å²) in [6.07, 6.45) is 5.28. The van der Waals surface area contributed by atoms with E-state index < -0.39 is 5.60 Å². The van der Waals surface area contributed by atoms with Crippen LogP contribution in [0.2, 0.25) is 5.02 Å². The van der Waals surface area contributed by atoms with Crippen molar-refractivity contribution in [2.75, 3.05) is 0 Å². The number of halogens is 1. The predicted octanol–water partition coefficient (Wildman–Crippen LogP) is 4.01. The zero-order chi connectivity index (χ0) is 19.8. The van der Waals surface area contributed by atoms with Crippen molar-refractivity contribution < 1.29 is 9.90 Å². The average Bonchev–Trinajstić information content (AvgIpc) is 2.86. The first-order chi connectivity index (χ1) is 13.2. The molecule has 28 heavy (non-hydrogen) atoms. The van der Waals surface area contributed by atoms with Gasteiger partial charge in [-0.3, -0.25) is 9.48 Å². The summed E-state index contributed by atoms with van der Waals surface area (Å²) in [5.41, 5.74) is 1.25. The Hall–Kier alpha value is -1.59. The van der Waals surface area contributed by atoms with Gasteiger partial charge in [0.15, 0.2) is 0 Å². The zero-order valence-electron chi connectivity index (χ0n) is 16.8. The first-order valence-corrected chi connectivity index (χ1v) is 10.7. The van der Waals surface area contributed by atoms with Crippen molar-refractivity contribution in [1.29, 1.82) is 0 Å². The van der Waals surface area contributed by atoms with Crippen LogP contribution < -0.4 is 0 Å². The molecular weight excluding hydrogens is 374 g/mol. The molecule has 1 N–H and O–H groups in total. The molecule has 1 amide bonds. The molecule has 5 atom stereocenters. The maximum absolute atomic E-state index is 13.7. The lowest BCUT2D eigenvalue weighted by Crippen LogP contribution is -2.59. The molecule has 1 aromatic carbocycles. The summed E-state index contributed by atoms with van der Waals surface area (Å²) in [7, 11) is 1.89. The largest absolute Gasteiger partial charge is 0.390 e. The number of aryl methyl sites for hydroxylation is 1. The predicted molar refractivity (Wildman–Crippen MR) is 109 cm³/mol. The molecule has 1 aromatic heterocycles. The van der Waals surface area contributed by atoms with Crippen LogP contribution in [0.25, 0.3) is 10.9 Å². The molecule has 5 nitrogen and oxygen atoms in total. The molecule has 2 aromatic rings. The highest BCUT2D eigenvalue weighted by Gasteiger charge is 2.56. The third kappa shape index (κ3) is 2.62. The number of piperidine rings is 1. The zero-order valence-corrected chi connectivity index (χ0v) is 17.5. The monoisotopic (exact) mass is 401 g/mol. The molecule has 0 radical (unpaired) electrons. The van der Waals surface area contributed by atoms with Gasteiger partial charge in [-0.25, -0.2) is 0 Å². The molecule has 150 valence electrons. The standard InChI is InChI=1S/C22H28ClN3O2/c1-13(19-18-16(23)5-4-6-17(18)25(3)24-19)20(27)26-14-7-8-22(28)11-15(26)10-21(2,9-14)12-22/h4-6,13-15,28H,7-12H2,1-3H3. The minimum absolute atomic E-state index is 0.128. The Morgan fingerprint density at radius 1 is 1.32 bits per heavy atom. The normalized spacial score (nSPS) is 35.4. The highest BCUT2D eigenvalue weighted by atomic mass is 35.5. The van der Waals surface area contributed by atoms with Crippen molar-refractivity contribution in [2.45, 2.75) is 76.0 Å². The second-order valence-electron chi connectivity index (χ2n) is 9.78. The van der Waals surface area contributed by atoms with Crippen LogP contribution in [-0.4, -0.2) is 43.4 Å². The topological polar surface area (TPSA) is 58.4 Å². The second-order valence-corrected chi connectivity index (χ2v) is 10.2. The molecule has 2 aliphatic carbocycles. The highest BCUT2D eigenvalue weighted by molar-refractivity contribution is 6.35. The first-order valence-electron chi connectivity index (χ1n) is 10.4. The van der Waals surface area contributed by atoms with E-state index in [1.165, 1.54) is 0 Å². The summed E-state index contributed by atoms with van der Waals surface area (Å²) < 4.78 is 1.81. The number of aromatic nitrogens is 2. The van der Waals surface area contributed by atoms with E-state index in [1.807, 2.05) is 36.9 Å². The van der Waals surface area contributed by atoms with E-state index >= 15 is 0 Å². The fraction of sp³-hybridized carbons (Fsp3) is 0.636. The van der Waals surface area contributed by atoms with E-state index in [0.29, 0.717) is 11.4 Å². The Morgan fingerprint density at radius 3 is 2.86 bits per heavy atom. The highest BCUT2D eigenvalue weighted by Crippen LogP contribution is 2.55. The van der Waals surface area contributed by atoms with Gasteiger partial charge in [0.05, 0.1) is 27.8 Å². The van der Waals surface area contributed by atoms with Gasteiger partial charge in [-0.15, -0.1) is 0 Å². The van der Waals surface area contributed by atoms with Crippen LogP contribution in [0.15, 0.2) is 18.2 Å². The van der Waals surface area contributed by atoms with Crippen LogP contribution in [0, 0.1) is 5.41 Å². The first kappa shape index (κ1) is 18.4. The molecule has 4 bridgehead atoms. The van der Waals surface area contributed by atoms with E-state index in [-0.39, 0.29) is 29.3 Å². The molecule has 4 fully saturated rings. The summed E-state index contributed by atoms with van der Waals surface area (Å²) in [6.45, 7) is 4.24. The van der Waals surface area contributed by atoms with Crippen molar-refractivity contribution in [1.82, 2.24) is 14.7 Å². The second kappa shape index (κ2) is 5.96. The molecule has 5 unspecified atom stereocenters. The summed E-state index contributed by atoms with van der Waals surface area (Å²) in [4.78, 5) is 15.8. The molecule has 4 aliphatic rings. The number of nitrogens with zero attached hydrogens (tertiary/aromatic N) is 3. The molecule has 6 heteroatoms. The lowest BCUT2D eigenvalue weighted by molar-refractivity contribution is -0.150. The van der Waals surface area contributed by atoms with Crippen LogP contribution in [0.4, 0.5) is 0 Å². The number of fused-ring (bicyclic) bond motifs is 2. The van der Waals surface area contributed by atoms with Gasteiger partial charge in [0, 0.05) is 24.5 Å². The van der Waals surface area contributed by atoms with Crippen LogP contribution in [0.1, 0.15) is 64.0 Å². The van der Waals surface area contributed by atoms with Gasteiger partial charge in [0.2, 0.25) is 5.91 Å². The maximum atomic E-state index is 13.7. The summed E-state index contributed by atoms with van der Waals surface area (Å²) in [6, 6.07) is 6.11. The molecule has 3 heterocycles.